The van der Waals surface area contributed by atoms with E-state index in [1.165, 1.54) is 5.39 Å². The summed E-state index contributed by atoms with van der Waals surface area (Å²) in [6, 6.07) is 4.59. The molecule has 0 saturated heterocycles. The molecule has 76 valence electrons. The van der Waals surface area contributed by atoms with Crippen LogP contribution in [0.15, 0.2) is 29.5 Å². The lowest BCUT2D eigenvalue weighted by atomic mass is 10.3. The monoisotopic (exact) mass is 217 g/mol. The molecule has 1 unspecified atom stereocenters. The quantitative estimate of drug-likeness (QED) is 0.797. The van der Waals surface area contributed by atoms with E-state index < -0.39 is 0 Å². The molecule has 15 heavy (non-hydrogen) atoms. The first-order chi connectivity index (χ1) is 7.33. The molecule has 3 heterocycles. The average molecular weight is 217 g/mol. The number of pyridine rings is 1. The zero-order valence-corrected chi connectivity index (χ0v) is 9.21. The van der Waals surface area contributed by atoms with Gasteiger partial charge in [0.15, 0.2) is 0 Å². The molecule has 0 spiro atoms. The van der Waals surface area contributed by atoms with E-state index in [4.69, 9.17) is 0 Å². The number of H-pyrrole nitrogens is 1. The van der Waals surface area contributed by atoms with Crippen molar-refractivity contribution in [2.45, 2.75) is 13.0 Å². The van der Waals surface area contributed by atoms with Crippen LogP contribution in [0.2, 0.25) is 0 Å². The molecule has 0 aliphatic carbocycles. The van der Waals surface area contributed by atoms with Crippen molar-refractivity contribution in [2.24, 2.45) is 4.99 Å². The summed E-state index contributed by atoms with van der Waals surface area (Å²) in [6.07, 6.45) is 3.66. The van der Waals surface area contributed by atoms with Gasteiger partial charge in [0, 0.05) is 17.3 Å². The Morgan fingerprint density at radius 3 is 3.20 bits per heavy atom. The summed E-state index contributed by atoms with van der Waals surface area (Å²) in [4.78, 5) is 12.0. The molecule has 0 amide bonds. The highest BCUT2D eigenvalue weighted by Gasteiger charge is 2.16. The Kier molecular flexibility index (Phi) is 2.02. The number of hydrogen-bond acceptors (Lipinski definition) is 3. The predicted octanol–water partition coefficient (Wildman–Crippen LogP) is 2.44. The van der Waals surface area contributed by atoms with Gasteiger partial charge in [-0.25, -0.2) is 0 Å². The van der Waals surface area contributed by atoms with Crippen LogP contribution in [0.5, 0.6) is 0 Å². The third-order valence-electron chi connectivity index (χ3n) is 2.45. The van der Waals surface area contributed by atoms with Gasteiger partial charge in [-0.05, 0) is 19.1 Å². The highest BCUT2D eigenvalue weighted by molar-refractivity contribution is 8.14. The Morgan fingerprint density at radius 1 is 1.53 bits per heavy atom. The first-order valence-electron chi connectivity index (χ1n) is 4.96. The Bertz CT molecular complexity index is 496. The van der Waals surface area contributed by atoms with Crippen LogP contribution < -0.4 is 0 Å². The second-order valence-electron chi connectivity index (χ2n) is 3.74. The molecule has 2 aromatic rings. The Labute approximate surface area is 92.0 Å². The molecule has 0 saturated carbocycles. The van der Waals surface area contributed by atoms with Gasteiger partial charge in [-0.3, -0.25) is 9.98 Å². The third-order valence-corrected chi connectivity index (χ3v) is 3.70. The molecule has 0 bridgehead atoms. The fourth-order valence-corrected chi connectivity index (χ4v) is 2.70. The topological polar surface area (TPSA) is 41.0 Å². The van der Waals surface area contributed by atoms with Gasteiger partial charge in [0.25, 0.3) is 0 Å². The van der Waals surface area contributed by atoms with Crippen molar-refractivity contribution in [1.82, 2.24) is 9.97 Å². The molecular weight excluding hydrogens is 206 g/mol. The maximum absolute atomic E-state index is 4.58. The number of aromatic amines is 1. The average Bonchev–Trinajstić information content (AvgIpc) is 2.82. The van der Waals surface area contributed by atoms with Crippen molar-refractivity contribution in [1.29, 1.82) is 0 Å². The lowest BCUT2D eigenvalue weighted by Crippen LogP contribution is -1.93. The predicted molar refractivity (Wildman–Crippen MR) is 64.6 cm³/mol. The van der Waals surface area contributed by atoms with Gasteiger partial charge in [0.2, 0.25) is 0 Å². The fraction of sp³-hybridized carbons (Fsp3) is 0.273. The highest BCUT2D eigenvalue weighted by Crippen LogP contribution is 2.24. The third kappa shape index (κ3) is 1.55. The van der Waals surface area contributed by atoms with Gasteiger partial charge in [-0.2, -0.15) is 0 Å². The summed E-state index contributed by atoms with van der Waals surface area (Å²) in [5.41, 5.74) is 2.20. The van der Waals surface area contributed by atoms with E-state index in [1.54, 1.807) is 0 Å². The van der Waals surface area contributed by atoms with Crippen LogP contribution in [-0.2, 0) is 0 Å². The molecule has 3 rings (SSSR count). The van der Waals surface area contributed by atoms with Crippen LogP contribution >= 0.6 is 11.8 Å². The molecular formula is C11H11N3S. The van der Waals surface area contributed by atoms with Crippen molar-refractivity contribution < 1.29 is 0 Å². The van der Waals surface area contributed by atoms with Crippen molar-refractivity contribution in [3.8, 4) is 0 Å². The lowest BCUT2D eigenvalue weighted by Gasteiger charge is -1.92. The Hall–Kier alpha value is -1.29. The number of fused-ring (bicyclic) bond motifs is 1. The summed E-state index contributed by atoms with van der Waals surface area (Å²) in [6.45, 7) is 2.14. The van der Waals surface area contributed by atoms with E-state index in [9.17, 15) is 0 Å². The Balaban J connectivity index is 2.09. The molecule has 1 N–H and O–H groups in total. The maximum Gasteiger partial charge on any atom is 0.114 e. The van der Waals surface area contributed by atoms with Gasteiger partial charge >= 0.3 is 0 Å². The fourth-order valence-electron chi connectivity index (χ4n) is 1.71. The van der Waals surface area contributed by atoms with Crippen LogP contribution in [0.1, 0.15) is 12.6 Å². The number of rotatable bonds is 1. The number of aromatic nitrogens is 2. The van der Waals surface area contributed by atoms with Gasteiger partial charge in [-0.1, -0.05) is 0 Å². The first kappa shape index (κ1) is 8.97. The Morgan fingerprint density at radius 2 is 2.47 bits per heavy atom. The van der Waals surface area contributed by atoms with Crippen molar-refractivity contribution in [3.05, 3.63) is 30.2 Å². The van der Waals surface area contributed by atoms with Gasteiger partial charge < -0.3 is 4.98 Å². The van der Waals surface area contributed by atoms with Gasteiger partial charge in [0.1, 0.15) is 5.04 Å². The summed E-state index contributed by atoms with van der Waals surface area (Å²) >= 11 is 1.82. The van der Waals surface area contributed by atoms with Gasteiger partial charge in [-0.15, -0.1) is 11.8 Å². The summed E-state index contributed by atoms with van der Waals surface area (Å²) in [5, 5.41) is 2.32. The molecule has 1 aliphatic heterocycles. The number of thioether (sulfide) groups is 1. The van der Waals surface area contributed by atoms with Crippen LogP contribution in [0, 0.1) is 0 Å². The molecule has 3 nitrogen and oxygen atoms in total. The summed E-state index contributed by atoms with van der Waals surface area (Å²) in [7, 11) is 0. The van der Waals surface area contributed by atoms with E-state index in [0.29, 0.717) is 6.04 Å². The molecule has 2 aromatic heterocycles. The van der Waals surface area contributed by atoms with Crippen LogP contribution in [0.25, 0.3) is 10.9 Å². The second kappa shape index (κ2) is 3.38. The highest BCUT2D eigenvalue weighted by atomic mass is 32.2. The maximum atomic E-state index is 4.58. The van der Waals surface area contributed by atoms with Crippen LogP contribution in [-0.4, -0.2) is 26.8 Å². The minimum atomic E-state index is 0.439. The molecule has 1 aliphatic rings. The zero-order chi connectivity index (χ0) is 10.3. The van der Waals surface area contributed by atoms with E-state index in [1.807, 2.05) is 30.2 Å². The lowest BCUT2D eigenvalue weighted by molar-refractivity contribution is 0.865. The molecule has 0 aromatic carbocycles. The zero-order valence-electron chi connectivity index (χ0n) is 8.40. The number of aliphatic imine (C=N–C) groups is 1. The first-order valence-corrected chi connectivity index (χ1v) is 5.95. The second-order valence-corrected chi connectivity index (χ2v) is 4.75. The van der Waals surface area contributed by atoms with E-state index in [-0.39, 0.29) is 0 Å². The standard InChI is InChI=1S/C11H11N3S/c1-7-6-15-11(13-7)9-4-8-2-3-12-5-10(8)14-9/h2-5,7,14H,6H2,1H3. The van der Waals surface area contributed by atoms with Gasteiger partial charge in [0.05, 0.1) is 23.4 Å². The van der Waals surface area contributed by atoms with Crippen molar-refractivity contribution in [2.75, 3.05) is 5.75 Å². The minimum absolute atomic E-state index is 0.439. The normalized spacial score (nSPS) is 20.9. The summed E-state index contributed by atoms with van der Waals surface area (Å²) < 4.78 is 0. The van der Waals surface area contributed by atoms with E-state index >= 15 is 0 Å². The van der Waals surface area contributed by atoms with E-state index in [0.717, 1.165) is 22.0 Å². The number of hydrogen-bond donors (Lipinski definition) is 1. The van der Waals surface area contributed by atoms with Crippen LogP contribution in [0.3, 0.4) is 0 Å². The molecule has 4 heteroatoms. The number of nitrogens with zero attached hydrogens (tertiary/aromatic N) is 2. The molecule has 0 fully saturated rings. The SMILES string of the molecule is CC1CSC(c2cc3ccncc3[nH]2)=N1. The van der Waals surface area contributed by atoms with Crippen molar-refractivity contribution in [3.63, 3.8) is 0 Å². The summed E-state index contributed by atoms with van der Waals surface area (Å²) in [5.74, 6) is 1.09. The molecule has 1 atom stereocenters. The van der Waals surface area contributed by atoms with Crippen LogP contribution in [0.4, 0.5) is 0 Å². The van der Waals surface area contributed by atoms with Crippen molar-refractivity contribution >= 4 is 27.7 Å². The van der Waals surface area contributed by atoms with E-state index in [2.05, 4.69) is 28.0 Å². The smallest absolute Gasteiger partial charge is 0.114 e. The minimum Gasteiger partial charge on any atom is -0.352 e. The molecule has 0 radical (unpaired) electrons. The largest absolute Gasteiger partial charge is 0.352 e. The number of nitrogens with one attached hydrogen (secondary N) is 1.